The number of nitrogens with one attached hydrogen (secondary N) is 1. The summed E-state index contributed by atoms with van der Waals surface area (Å²) in [5.74, 6) is -0.611. The van der Waals surface area contributed by atoms with Gasteiger partial charge in [-0.1, -0.05) is 36.0 Å². The molecule has 0 aliphatic heterocycles. The Hall–Kier alpha value is -3.11. The molecule has 0 spiro atoms. The van der Waals surface area contributed by atoms with Crippen LogP contribution in [0.3, 0.4) is 0 Å². The van der Waals surface area contributed by atoms with Crippen LogP contribution in [-0.2, 0) is 23.8 Å². The Morgan fingerprint density at radius 3 is 2.69 bits per heavy atom. The number of para-hydroxylation sites is 1. The summed E-state index contributed by atoms with van der Waals surface area (Å²) in [6.07, 6.45) is -1.70. The first kappa shape index (κ1) is 23.6. The van der Waals surface area contributed by atoms with Crippen LogP contribution in [0.5, 0.6) is 0 Å². The first-order valence-corrected chi connectivity index (χ1v) is 12.8. The molecule has 180 valence electrons. The van der Waals surface area contributed by atoms with Gasteiger partial charge in [-0.15, -0.1) is 11.3 Å². The van der Waals surface area contributed by atoms with Crippen molar-refractivity contribution in [3.8, 4) is 5.69 Å². The highest BCUT2D eigenvalue weighted by Gasteiger charge is 2.32. The van der Waals surface area contributed by atoms with Gasteiger partial charge in [0, 0.05) is 10.6 Å². The van der Waals surface area contributed by atoms with Gasteiger partial charge in [0.25, 0.3) is 5.56 Å². The molecule has 0 saturated carbocycles. The molecule has 2 aromatic heterocycles. The predicted molar refractivity (Wildman–Crippen MR) is 133 cm³/mol. The van der Waals surface area contributed by atoms with E-state index >= 15 is 0 Å². The number of anilines is 1. The van der Waals surface area contributed by atoms with Crippen molar-refractivity contribution in [1.29, 1.82) is 0 Å². The highest BCUT2D eigenvalue weighted by Crippen LogP contribution is 2.36. The number of benzene rings is 2. The lowest BCUT2D eigenvalue weighted by atomic mass is 10.1. The zero-order chi connectivity index (χ0) is 24.7. The van der Waals surface area contributed by atoms with Crippen LogP contribution in [0.25, 0.3) is 15.9 Å². The van der Waals surface area contributed by atoms with E-state index in [1.54, 1.807) is 12.1 Å². The number of aromatic nitrogens is 2. The van der Waals surface area contributed by atoms with E-state index in [9.17, 15) is 22.8 Å². The SMILES string of the molecule is Cc1ccc(NC(=O)CSc2nc3sc4c(c3c(=O)n2-c2ccccc2)CCC4)cc1C(F)(F)F. The number of nitrogens with zero attached hydrogens (tertiary/aromatic N) is 2. The van der Waals surface area contributed by atoms with Crippen molar-refractivity contribution < 1.29 is 18.0 Å². The number of thioether (sulfide) groups is 1. The molecule has 1 N–H and O–H groups in total. The maximum atomic E-state index is 13.6. The predicted octanol–water partition coefficient (Wildman–Crippen LogP) is 5.99. The van der Waals surface area contributed by atoms with Crippen molar-refractivity contribution in [1.82, 2.24) is 9.55 Å². The second-order valence-corrected chi connectivity index (χ2v) is 10.3. The Labute approximate surface area is 207 Å². The Bertz CT molecular complexity index is 1490. The average molecular weight is 516 g/mol. The molecule has 2 heterocycles. The lowest BCUT2D eigenvalue weighted by Gasteiger charge is -2.14. The third-order valence-electron chi connectivity index (χ3n) is 5.88. The monoisotopic (exact) mass is 515 g/mol. The number of hydrogen-bond acceptors (Lipinski definition) is 5. The highest BCUT2D eigenvalue weighted by molar-refractivity contribution is 7.99. The number of thiophene rings is 1. The van der Waals surface area contributed by atoms with Crippen LogP contribution in [0.2, 0.25) is 0 Å². The maximum Gasteiger partial charge on any atom is 0.416 e. The van der Waals surface area contributed by atoms with Crippen molar-refractivity contribution in [2.75, 3.05) is 11.1 Å². The van der Waals surface area contributed by atoms with Gasteiger partial charge in [-0.05, 0) is 61.6 Å². The van der Waals surface area contributed by atoms with E-state index in [-0.39, 0.29) is 22.6 Å². The summed E-state index contributed by atoms with van der Waals surface area (Å²) in [5, 5.41) is 3.52. The summed E-state index contributed by atoms with van der Waals surface area (Å²) in [6.45, 7) is 1.37. The minimum atomic E-state index is -4.51. The number of carbonyl (C=O) groups is 1. The molecule has 0 saturated heterocycles. The Kier molecular flexibility index (Phi) is 6.18. The molecule has 35 heavy (non-hydrogen) atoms. The van der Waals surface area contributed by atoms with Crippen LogP contribution in [0, 0.1) is 6.92 Å². The van der Waals surface area contributed by atoms with Crippen LogP contribution in [0.15, 0.2) is 58.5 Å². The third-order valence-corrected chi connectivity index (χ3v) is 8.01. The van der Waals surface area contributed by atoms with Crippen LogP contribution >= 0.6 is 23.1 Å². The number of fused-ring (bicyclic) bond motifs is 3. The second kappa shape index (κ2) is 9.16. The molecule has 0 radical (unpaired) electrons. The molecular weight excluding hydrogens is 495 g/mol. The van der Waals surface area contributed by atoms with Crippen LogP contribution in [-0.4, -0.2) is 21.2 Å². The van der Waals surface area contributed by atoms with E-state index in [0.29, 0.717) is 21.1 Å². The van der Waals surface area contributed by atoms with Gasteiger partial charge in [-0.25, -0.2) is 4.98 Å². The summed E-state index contributed by atoms with van der Waals surface area (Å²) in [6, 6.07) is 12.8. The van der Waals surface area contributed by atoms with E-state index < -0.39 is 17.6 Å². The minimum absolute atomic E-state index is 0.0621. The number of carbonyl (C=O) groups excluding carboxylic acids is 1. The fourth-order valence-corrected chi connectivity index (χ4v) is 6.37. The van der Waals surface area contributed by atoms with Gasteiger partial charge in [0.2, 0.25) is 5.91 Å². The fourth-order valence-electron chi connectivity index (χ4n) is 4.26. The number of hydrogen-bond donors (Lipinski definition) is 1. The van der Waals surface area contributed by atoms with Crippen LogP contribution in [0.4, 0.5) is 18.9 Å². The van der Waals surface area contributed by atoms with Crippen molar-refractivity contribution in [3.63, 3.8) is 0 Å². The summed E-state index contributed by atoms with van der Waals surface area (Å²) >= 11 is 2.59. The smallest absolute Gasteiger partial charge is 0.325 e. The van der Waals surface area contributed by atoms with Crippen molar-refractivity contribution in [2.45, 2.75) is 37.5 Å². The molecule has 0 fully saturated rings. The van der Waals surface area contributed by atoms with Gasteiger partial charge < -0.3 is 5.32 Å². The molecule has 0 unspecified atom stereocenters. The molecule has 4 aromatic rings. The lowest BCUT2D eigenvalue weighted by molar-refractivity contribution is -0.138. The third kappa shape index (κ3) is 4.60. The number of aryl methyl sites for hydroxylation is 3. The van der Waals surface area contributed by atoms with Gasteiger partial charge in [0.15, 0.2) is 5.16 Å². The molecule has 5 nitrogen and oxygen atoms in total. The maximum absolute atomic E-state index is 13.6. The molecule has 0 atom stereocenters. The topological polar surface area (TPSA) is 64.0 Å². The van der Waals surface area contributed by atoms with Crippen molar-refractivity contribution in [3.05, 3.63) is 80.5 Å². The van der Waals surface area contributed by atoms with Gasteiger partial charge in [0.1, 0.15) is 4.83 Å². The number of alkyl halides is 3. The number of amides is 1. The lowest BCUT2D eigenvalue weighted by Crippen LogP contribution is -2.23. The zero-order valence-corrected chi connectivity index (χ0v) is 20.2. The number of halogens is 3. The van der Waals surface area contributed by atoms with Crippen molar-refractivity contribution >= 4 is 44.9 Å². The summed E-state index contributed by atoms with van der Waals surface area (Å²) in [5.41, 5.74) is 0.891. The summed E-state index contributed by atoms with van der Waals surface area (Å²) in [7, 11) is 0. The van der Waals surface area contributed by atoms with Gasteiger partial charge in [-0.3, -0.25) is 14.2 Å². The molecule has 1 amide bonds. The Morgan fingerprint density at radius 2 is 1.94 bits per heavy atom. The Balaban J connectivity index is 1.45. The first-order chi connectivity index (χ1) is 16.7. The quantitative estimate of drug-likeness (QED) is 0.262. The summed E-state index contributed by atoms with van der Waals surface area (Å²) in [4.78, 5) is 32.8. The van der Waals surface area contributed by atoms with E-state index in [4.69, 9.17) is 4.98 Å². The first-order valence-electron chi connectivity index (χ1n) is 11.0. The van der Waals surface area contributed by atoms with Gasteiger partial charge in [0.05, 0.1) is 22.4 Å². The highest BCUT2D eigenvalue weighted by atomic mass is 32.2. The zero-order valence-electron chi connectivity index (χ0n) is 18.6. The molecular formula is C25H20F3N3O2S2. The fraction of sp³-hybridized carbons (Fsp3) is 0.240. The largest absolute Gasteiger partial charge is 0.416 e. The molecule has 2 aromatic carbocycles. The normalized spacial score (nSPS) is 13.3. The minimum Gasteiger partial charge on any atom is -0.325 e. The average Bonchev–Trinajstić information content (AvgIpc) is 3.40. The van der Waals surface area contributed by atoms with Gasteiger partial charge in [-0.2, -0.15) is 13.2 Å². The standard InChI is InChI=1S/C25H20F3N3O2S2/c1-14-10-11-15(12-18(14)25(26,27)28)29-20(32)13-34-24-30-22-21(17-8-5-9-19(17)35-22)23(33)31(24)16-6-3-2-4-7-16/h2-4,6-7,10-12H,5,8-9,13H2,1H3,(H,29,32). The van der Waals surface area contributed by atoms with E-state index in [1.165, 1.54) is 39.8 Å². The molecule has 1 aliphatic carbocycles. The van der Waals surface area contributed by atoms with Crippen molar-refractivity contribution in [2.24, 2.45) is 0 Å². The van der Waals surface area contributed by atoms with E-state index in [1.807, 2.05) is 18.2 Å². The summed E-state index contributed by atoms with van der Waals surface area (Å²) < 4.78 is 41.1. The van der Waals surface area contributed by atoms with Crippen LogP contribution in [0.1, 0.15) is 28.0 Å². The molecule has 0 bridgehead atoms. The molecule has 1 aliphatic rings. The van der Waals surface area contributed by atoms with E-state index in [2.05, 4.69) is 5.32 Å². The number of rotatable bonds is 5. The molecule has 10 heteroatoms. The van der Waals surface area contributed by atoms with Crippen LogP contribution < -0.4 is 10.9 Å². The van der Waals surface area contributed by atoms with E-state index in [0.717, 1.165) is 42.7 Å². The second-order valence-electron chi connectivity index (χ2n) is 8.27. The van der Waals surface area contributed by atoms with Gasteiger partial charge >= 0.3 is 6.18 Å². The molecule has 5 rings (SSSR count). The Morgan fingerprint density at radius 1 is 1.17 bits per heavy atom.